The van der Waals surface area contributed by atoms with Crippen molar-refractivity contribution in [1.82, 2.24) is 4.98 Å². The minimum absolute atomic E-state index is 0.0176. The van der Waals surface area contributed by atoms with Gasteiger partial charge in [-0.05, 0) is 13.0 Å². The first kappa shape index (κ1) is 13.8. The molecule has 0 saturated carbocycles. The Morgan fingerprint density at radius 1 is 1.53 bits per heavy atom. The van der Waals surface area contributed by atoms with Crippen molar-refractivity contribution in [1.29, 1.82) is 0 Å². The van der Waals surface area contributed by atoms with E-state index in [1.807, 2.05) is 0 Å². The Morgan fingerprint density at radius 3 is 2.84 bits per heavy atom. The third-order valence-electron chi connectivity index (χ3n) is 2.53. The molecule has 100 valence electrons. The Balaban J connectivity index is 2.74. The summed E-state index contributed by atoms with van der Waals surface area (Å²) in [5, 5.41) is -0.277. The van der Waals surface area contributed by atoms with Crippen LogP contribution < -0.4 is 5.73 Å². The molecule has 2 rings (SSSR count). The van der Waals surface area contributed by atoms with Gasteiger partial charge in [0, 0.05) is 11.6 Å². The fourth-order valence-electron chi connectivity index (χ4n) is 1.65. The van der Waals surface area contributed by atoms with Gasteiger partial charge in [-0.1, -0.05) is 23.2 Å². The second-order valence-corrected chi connectivity index (χ2v) is 4.47. The van der Waals surface area contributed by atoms with Crippen molar-refractivity contribution in [3.8, 4) is 0 Å². The van der Waals surface area contributed by atoms with E-state index >= 15 is 0 Å². The Bertz CT molecular complexity index is 677. The maximum absolute atomic E-state index is 13.7. The van der Waals surface area contributed by atoms with Crippen LogP contribution in [0.25, 0.3) is 10.9 Å². The minimum Gasteiger partial charge on any atom is -0.462 e. The van der Waals surface area contributed by atoms with Gasteiger partial charge in [-0.2, -0.15) is 0 Å². The fraction of sp³-hybridized carbons (Fsp3) is 0.167. The number of fused-ring (bicyclic) bond motifs is 1. The summed E-state index contributed by atoms with van der Waals surface area (Å²) in [7, 11) is 0. The van der Waals surface area contributed by atoms with E-state index in [2.05, 4.69) is 4.98 Å². The summed E-state index contributed by atoms with van der Waals surface area (Å²) in [6, 6.07) is 1.30. The van der Waals surface area contributed by atoms with Gasteiger partial charge in [0.2, 0.25) is 0 Å². The van der Waals surface area contributed by atoms with E-state index in [9.17, 15) is 9.18 Å². The van der Waals surface area contributed by atoms with Gasteiger partial charge in [0.05, 0.1) is 27.9 Å². The third-order valence-corrected chi connectivity index (χ3v) is 3.16. The number of benzene rings is 1. The highest BCUT2D eigenvalue weighted by atomic mass is 35.5. The molecular formula is C12H9Cl2FN2O2. The highest BCUT2D eigenvalue weighted by molar-refractivity contribution is 6.39. The molecule has 0 bridgehead atoms. The molecule has 1 heterocycles. The molecule has 7 heteroatoms. The molecule has 2 N–H and O–H groups in total. The van der Waals surface area contributed by atoms with E-state index in [4.69, 9.17) is 33.7 Å². The first-order chi connectivity index (χ1) is 8.97. The summed E-state index contributed by atoms with van der Waals surface area (Å²) in [6.45, 7) is 1.86. The number of aromatic nitrogens is 1. The number of halogens is 3. The Kier molecular flexibility index (Phi) is 3.78. The third kappa shape index (κ3) is 2.31. The van der Waals surface area contributed by atoms with E-state index in [-0.39, 0.29) is 33.3 Å². The van der Waals surface area contributed by atoms with Gasteiger partial charge < -0.3 is 10.5 Å². The molecule has 4 nitrogen and oxygen atoms in total. The molecule has 2 aromatic rings. The number of nitrogens with zero attached hydrogens (tertiary/aromatic N) is 1. The average molecular weight is 303 g/mol. The zero-order valence-electron chi connectivity index (χ0n) is 9.84. The van der Waals surface area contributed by atoms with E-state index in [1.54, 1.807) is 6.92 Å². The van der Waals surface area contributed by atoms with Crippen molar-refractivity contribution >= 4 is 45.8 Å². The summed E-state index contributed by atoms with van der Waals surface area (Å²) >= 11 is 11.5. The second-order valence-electron chi connectivity index (χ2n) is 3.69. The summed E-state index contributed by atoms with van der Waals surface area (Å²) in [4.78, 5) is 15.7. The number of esters is 1. The summed E-state index contributed by atoms with van der Waals surface area (Å²) in [6.07, 6.45) is 1.25. The molecule has 0 aliphatic rings. The highest BCUT2D eigenvalue weighted by Crippen LogP contribution is 2.35. The number of ether oxygens (including phenoxy) is 1. The van der Waals surface area contributed by atoms with Crippen molar-refractivity contribution < 1.29 is 13.9 Å². The van der Waals surface area contributed by atoms with Gasteiger partial charge in [-0.3, -0.25) is 4.98 Å². The lowest BCUT2D eigenvalue weighted by molar-refractivity contribution is 0.0527. The van der Waals surface area contributed by atoms with Gasteiger partial charge in [-0.15, -0.1) is 0 Å². The van der Waals surface area contributed by atoms with Crippen LogP contribution in [-0.2, 0) is 4.74 Å². The zero-order valence-corrected chi connectivity index (χ0v) is 11.3. The van der Waals surface area contributed by atoms with Crippen molar-refractivity contribution in [3.63, 3.8) is 0 Å². The molecule has 0 saturated heterocycles. The van der Waals surface area contributed by atoms with Gasteiger partial charge >= 0.3 is 5.97 Å². The number of hydrogen-bond donors (Lipinski definition) is 1. The predicted octanol–water partition coefficient (Wildman–Crippen LogP) is 3.44. The number of carbonyl (C=O) groups is 1. The first-order valence-electron chi connectivity index (χ1n) is 5.36. The molecule has 1 aromatic carbocycles. The Hall–Kier alpha value is -1.59. The number of anilines is 1. The molecule has 0 aliphatic heterocycles. The SMILES string of the molecule is CCOC(=O)c1cnc2cc(Cl)c(F)c(Cl)c2c1N. The lowest BCUT2D eigenvalue weighted by Gasteiger charge is -2.10. The van der Waals surface area contributed by atoms with Crippen LogP contribution in [-0.4, -0.2) is 17.6 Å². The topological polar surface area (TPSA) is 65.2 Å². The number of hydrogen-bond acceptors (Lipinski definition) is 4. The van der Waals surface area contributed by atoms with Crippen molar-refractivity contribution in [2.45, 2.75) is 6.92 Å². The quantitative estimate of drug-likeness (QED) is 0.682. The van der Waals surface area contributed by atoms with Crippen molar-refractivity contribution in [2.24, 2.45) is 0 Å². The molecule has 0 amide bonds. The van der Waals surface area contributed by atoms with E-state index in [0.29, 0.717) is 5.52 Å². The van der Waals surface area contributed by atoms with Crippen LogP contribution in [0.4, 0.5) is 10.1 Å². The normalized spacial score (nSPS) is 10.7. The van der Waals surface area contributed by atoms with E-state index < -0.39 is 11.8 Å². The largest absolute Gasteiger partial charge is 0.462 e. The number of nitrogens with two attached hydrogens (primary N) is 1. The maximum atomic E-state index is 13.7. The molecule has 19 heavy (non-hydrogen) atoms. The number of carbonyl (C=O) groups excluding carboxylic acids is 1. The molecule has 0 unspecified atom stereocenters. The number of rotatable bonds is 2. The van der Waals surface area contributed by atoms with Gasteiger partial charge in [0.1, 0.15) is 5.56 Å². The second kappa shape index (κ2) is 5.19. The van der Waals surface area contributed by atoms with E-state index in [1.165, 1.54) is 12.3 Å². The van der Waals surface area contributed by atoms with Crippen LogP contribution in [0.15, 0.2) is 12.3 Å². The van der Waals surface area contributed by atoms with Crippen LogP contribution in [0.5, 0.6) is 0 Å². The van der Waals surface area contributed by atoms with Crippen LogP contribution in [0.3, 0.4) is 0 Å². The van der Waals surface area contributed by atoms with Gasteiger partial charge in [0.25, 0.3) is 0 Å². The molecule has 0 atom stereocenters. The van der Waals surface area contributed by atoms with Crippen LogP contribution >= 0.6 is 23.2 Å². The molecular weight excluding hydrogens is 294 g/mol. The first-order valence-corrected chi connectivity index (χ1v) is 6.11. The Labute approximate surface area is 118 Å². The van der Waals surface area contributed by atoms with Crippen molar-refractivity contribution in [3.05, 3.63) is 33.7 Å². The smallest absolute Gasteiger partial charge is 0.341 e. The molecule has 0 fully saturated rings. The Morgan fingerprint density at radius 2 is 2.21 bits per heavy atom. The van der Waals surface area contributed by atoms with Crippen LogP contribution in [0.2, 0.25) is 10.0 Å². The molecule has 0 aliphatic carbocycles. The van der Waals surface area contributed by atoms with Crippen LogP contribution in [0.1, 0.15) is 17.3 Å². The van der Waals surface area contributed by atoms with Crippen molar-refractivity contribution in [2.75, 3.05) is 12.3 Å². The monoisotopic (exact) mass is 302 g/mol. The molecule has 1 aromatic heterocycles. The molecule has 0 spiro atoms. The zero-order chi connectivity index (χ0) is 14.2. The van der Waals surface area contributed by atoms with Crippen LogP contribution in [0, 0.1) is 5.82 Å². The highest BCUT2D eigenvalue weighted by Gasteiger charge is 2.19. The summed E-state index contributed by atoms with van der Waals surface area (Å²) in [5.41, 5.74) is 6.20. The van der Waals surface area contributed by atoms with Gasteiger partial charge in [0.15, 0.2) is 5.82 Å². The number of nitrogen functional groups attached to an aromatic ring is 1. The van der Waals surface area contributed by atoms with E-state index in [0.717, 1.165) is 0 Å². The predicted molar refractivity (Wildman–Crippen MR) is 72.1 cm³/mol. The summed E-state index contributed by atoms with van der Waals surface area (Å²) in [5.74, 6) is -1.44. The lowest BCUT2D eigenvalue weighted by Crippen LogP contribution is -2.09. The molecule has 0 radical (unpaired) electrons. The average Bonchev–Trinajstić information content (AvgIpc) is 2.36. The number of pyridine rings is 1. The van der Waals surface area contributed by atoms with Gasteiger partial charge in [-0.25, -0.2) is 9.18 Å². The minimum atomic E-state index is -0.801. The summed E-state index contributed by atoms with van der Waals surface area (Å²) < 4.78 is 18.5. The maximum Gasteiger partial charge on any atom is 0.341 e. The lowest BCUT2D eigenvalue weighted by atomic mass is 10.1. The standard InChI is InChI=1S/C12H9Cl2FN2O2/c1-2-19-12(18)5-4-17-7-3-6(13)10(15)9(14)8(7)11(5)16/h3-4H,2H2,1H3,(H2,16,17). The fourth-order valence-corrected chi connectivity index (χ4v) is 2.20.